The maximum Gasteiger partial charge on any atom is 0.331 e. The maximum atomic E-state index is 13.2. The van der Waals surface area contributed by atoms with Crippen molar-refractivity contribution in [3.63, 3.8) is 0 Å². The average molecular weight is 443 g/mol. The zero-order valence-corrected chi connectivity index (χ0v) is 18.9. The van der Waals surface area contributed by atoms with Gasteiger partial charge in [-0.2, -0.15) is 0 Å². The lowest BCUT2D eigenvalue weighted by molar-refractivity contribution is -0.123. The topological polar surface area (TPSA) is 102 Å². The van der Waals surface area contributed by atoms with Gasteiger partial charge >= 0.3 is 5.69 Å². The second-order valence-corrected chi connectivity index (χ2v) is 8.55. The summed E-state index contributed by atoms with van der Waals surface area (Å²) in [5.41, 5.74) is -0.371. The van der Waals surface area contributed by atoms with E-state index in [2.05, 4.69) is 10.6 Å². The summed E-state index contributed by atoms with van der Waals surface area (Å²) in [4.78, 5) is 50.6. The van der Waals surface area contributed by atoms with Crippen molar-refractivity contribution in [3.05, 3.63) is 45.1 Å². The van der Waals surface area contributed by atoms with E-state index in [4.69, 9.17) is 0 Å². The van der Waals surface area contributed by atoms with E-state index in [1.165, 1.54) is 15.6 Å². The summed E-state index contributed by atoms with van der Waals surface area (Å²) in [6.45, 7) is 2.74. The predicted molar refractivity (Wildman–Crippen MR) is 125 cm³/mol. The Balaban J connectivity index is 1.75. The van der Waals surface area contributed by atoms with E-state index in [-0.39, 0.29) is 36.5 Å². The molecule has 8 nitrogen and oxygen atoms in total. The first-order chi connectivity index (χ1) is 15.5. The Kier molecular flexibility index (Phi) is 8.64. The third kappa shape index (κ3) is 6.08. The van der Waals surface area contributed by atoms with Crippen LogP contribution in [0, 0.1) is 0 Å². The fourth-order valence-corrected chi connectivity index (χ4v) is 4.29. The monoisotopic (exact) mass is 442 g/mol. The molecule has 1 aromatic heterocycles. The highest BCUT2D eigenvalue weighted by Gasteiger charge is 2.19. The number of fused-ring (bicyclic) bond motifs is 1. The molecule has 0 atom stereocenters. The largest absolute Gasteiger partial charge is 0.356 e. The molecule has 174 valence electrons. The van der Waals surface area contributed by atoms with Crippen molar-refractivity contribution in [2.45, 2.75) is 83.8 Å². The Morgan fingerprint density at radius 2 is 1.75 bits per heavy atom. The van der Waals surface area contributed by atoms with E-state index in [0.717, 1.165) is 32.1 Å². The molecule has 2 amide bonds. The van der Waals surface area contributed by atoms with Crippen molar-refractivity contribution < 1.29 is 9.59 Å². The molecule has 0 radical (unpaired) electrons. The van der Waals surface area contributed by atoms with E-state index >= 15 is 0 Å². The van der Waals surface area contributed by atoms with E-state index in [1.807, 2.05) is 6.92 Å². The highest BCUT2D eigenvalue weighted by atomic mass is 16.2. The first-order valence-electron chi connectivity index (χ1n) is 11.8. The lowest BCUT2D eigenvalue weighted by Crippen LogP contribution is -2.44. The molecule has 1 saturated carbocycles. The molecule has 1 heterocycles. The van der Waals surface area contributed by atoms with Gasteiger partial charge in [0.2, 0.25) is 11.8 Å². The fourth-order valence-electron chi connectivity index (χ4n) is 4.29. The van der Waals surface area contributed by atoms with Crippen LogP contribution in [-0.2, 0) is 22.7 Å². The zero-order valence-electron chi connectivity index (χ0n) is 18.9. The van der Waals surface area contributed by atoms with Gasteiger partial charge in [-0.1, -0.05) is 38.3 Å². The Bertz CT molecular complexity index is 1050. The van der Waals surface area contributed by atoms with Crippen LogP contribution in [0.2, 0.25) is 0 Å². The zero-order chi connectivity index (χ0) is 22.9. The van der Waals surface area contributed by atoms with Crippen molar-refractivity contribution in [1.82, 2.24) is 19.8 Å². The molecular formula is C24H34N4O4. The van der Waals surface area contributed by atoms with Gasteiger partial charge in [0.05, 0.1) is 10.9 Å². The molecule has 32 heavy (non-hydrogen) atoms. The number of rotatable bonds is 10. The van der Waals surface area contributed by atoms with Gasteiger partial charge in [0.25, 0.3) is 5.56 Å². The number of carbonyl (C=O) groups excluding carboxylic acids is 2. The Morgan fingerprint density at radius 3 is 2.50 bits per heavy atom. The first kappa shape index (κ1) is 23.8. The van der Waals surface area contributed by atoms with Crippen LogP contribution < -0.4 is 21.9 Å². The number of nitrogens with one attached hydrogen (secondary N) is 2. The number of amides is 2. The molecule has 0 bridgehead atoms. The van der Waals surface area contributed by atoms with Gasteiger partial charge in [0.15, 0.2) is 0 Å². The molecule has 1 aliphatic carbocycles. The van der Waals surface area contributed by atoms with Gasteiger partial charge in [0, 0.05) is 25.6 Å². The lowest BCUT2D eigenvalue weighted by atomic mass is 9.95. The third-order valence-electron chi connectivity index (χ3n) is 6.01. The minimum Gasteiger partial charge on any atom is -0.356 e. The Morgan fingerprint density at radius 1 is 1.00 bits per heavy atom. The summed E-state index contributed by atoms with van der Waals surface area (Å²) in [6, 6.07) is 7.05. The summed E-state index contributed by atoms with van der Waals surface area (Å²) < 4.78 is 2.59. The third-order valence-corrected chi connectivity index (χ3v) is 6.01. The molecule has 8 heteroatoms. The van der Waals surface area contributed by atoms with Crippen LogP contribution in [0.15, 0.2) is 33.9 Å². The number of benzene rings is 1. The quantitative estimate of drug-likeness (QED) is 0.551. The molecule has 1 aromatic carbocycles. The van der Waals surface area contributed by atoms with Crippen molar-refractivity contribution in [2.75, 3.05) is 6.54 Å². The molecule has 2 aromatic rings. The second-order valence-electron chi connectivity index (χ2n) is 8.55. The van der Waals surface area contributed by atoms with Gasteiger partial charge in [-0.15, -0.1) is 0 Å². The summed E-state index contributed by atoms with van der Waals surface area (Å²) >= 11 is 0. The standard InChI is InChI=1S/C24H34N4O4/c1-2-15-25-21(29)14-8-9-16-27-23(31)19-12-6-7-13-20(19)28(24(27)32)17-22(30)26-18-10-4-3-5-11-18/h6-7,12-13,18H,2-5,8-11,14-17H2,1H3,(H,25,29)(H,26,30). The van der Waals surface area contributed by atoms with Crippen molar-refractivity contribution in [2.24, 2.45) is 0 Å². The second kappa shape index (κ2) is 11.6. The molecule has 3 rings (SSSR count). The number of carbonyl (C=O) groups is 2. The van der Waals surface area contributed by atoms with Crippen LogP contribution in [0.3, 0.4) is 0 Å². The van der Waals surface area contributed by atoms with Crippen LogP contribution in [-0.4, -0.2) is 33.5 Å². The van der Waals surface area contributed by atoms with Crippen LogP contribution in [0.25, 0.3) is 10.9 Å². The summed E-state index contributed by atoms with van der Waals surface area (Å²) in [5, 5.41) is 6.28. The molecule has 1 aliphatic rings. The van der Waals surface area contributed by atoms with Crippen LogP contribution in [0.4, 0.5) is 0 Å². The lowest BCUT2D eigenvalue weighted by Gasteiger charge is -2.23. The Labute approximate surface area is 188 Å². The minimum atomic E-state index is -0.483. The van der Waals surface area contributed by atoms with Gasteiger partial charge in [-0.3, -0.25) is 23.5 Å². The molecule has 0 unspecified atom stereocenters. The Hall–Kier alpha value is -2.90. The number of hydrogen-bond donors (Lipinski definition) is 2. The maximum absolute atomic E-state index is 13.2. The fraction of sp³-hybridized carbons (Fsp3) is 0.583. The van der Waals surface area contributed by atoms with E-state index in [0.29, 0.717) is 36.7 Å². The number of aromatic nitrogens is 2. The van der Waals surface area contributed by atoms with Crippen LogP contribution in [0.5, 0.6) is 0 Å². The van der Waals surface area contributed by atoms with Gasteiger partial charge in [-0.05, 0) is 44.2 Å². The molecular weight excluding hydrogens is 408 g/mol. The average Bonchev–Trinajstić information content (AvgIpc) is 2.80. The first-order valence-corrected chi connectivity index (χ1v) is 11.8. The van der Waals surface area contributed by atoms with Gasteiger partial charge in [-0.25, -0.2) is 4.79 Å². The van der Waals surface area contributed by atoms with Crippen LogP contribution >= 0.6 is 0 Å². The molecule has 0 saturated heterocycles. The summed E-state index contributed by atoms with van der Waals surface area (Å²) in [6.07, 6.45) is 7.69. The minimum absolute atomic E-state index is 0.0190. The van der Waals surface area contributed by atoms with E-state index in [9.17, 15) is 19.2 Å². The number of nitrogens with zero attached hydrogens (tertiary/aromatic N) is 2. The molecule has 1 fully saturated rings. The normalized spacial score (nSPS) is 14.4. The SMILES string of the molecule is CCCNC(=O)CCCCn1c(=O)c2ccccc2n(CC(=O)NC2CCCCC2)c1=O. The molecule has 2 N–H and O–H groups in total. The summed E-state index contributed by atoms with van der Waals surface area (Å²) in [7, 11) is 0. The van der Waals surface area contributed by atoms with Crippen molar-refractivity contribution >= 4 is 22.7 Å². The summed E-state index contributed by atoms with van der Waals surface area (Å²) in [5.74, 6) is -0.226. The molecule has 0 spiro atoms. The van der Waals surface area contributed by atoms with Gasteiger partial charge in [0.1, 0.15) is 6.54 Å². The highest BCUT2D eigenvalue weighted by molar-refractivity contribution is 5.81. The van der Waals surface area contributed by atoms with Gasteiger partial charge < -0.3 is 10.6 Å². The van der Waals surface area contributed by atoms with Crippen LogP contribution in [0.1, 0.15) is 64.7 Å². The predicted octanol–water partition coefficient (Wildman–Crippen LogP) is 2.31. The number of unbranched alkanes of at least 4 members (excludes halogenated alkanes) is 1. The van der Waals surface area contributed by atoms with Crippen molar-refractivity contribution in [1.29, 1.82) is 0 Å². The molecule has 0 aliphatic heterocycles. The highest BCUT2D eigenvalue weighted by Crippen LogP contribution is 2.17. The number of para-hydroxylation sites is 1. The smallest absolute Gasteiger partial charge is 0.331 e. The van der Waals surface area contributed by atoms with E-state index in [1.54, 1.807) is 24.3 Å². The van der Waals surface area contributed by atoms with Crippen molar-refractivity contribution in [3.8, 4) is 0 Å². The van der Waals surface area contributed by atoms with E-state index < -0.39 is 5.69 Å². The number of hydrogen-bond acceptors (Lipinski definition) is 4.